The highest BCUT2D eigenvalue weighted by Gasteiger charge is 2.10. The summed E-state index contributed by atoms with van der Waals surface area (Å²) < 4.78 is 4.91. The van der Waals surface area contributed by atoms with Crippen molar-refractivity contribution in [2.75, 3.05) is 7.11 Å². The van der Waals surface area contributed by atoms with Crippen LogP contribution in [0.25, 0.3) is 0 Å². The lowest BCUT2D eigenvalue weighted by Crippen LogP contribution is -2.24. The summed E-state index contributed by atoms with van der Waals surface area (Å²) in [4.78, 5) is 0. The molecule has 0 fully saturated rings. The molecule has 2 unspecified atom stereocenters. The van der Waals surface area contributed by atoms with Gasteiger partial charge < -0.3 is 9.84 Å². The van der Waals surface area contributed by atoms with Crippen molar-refractivity contribution < 1.29 is 9.84 Å². The molecule has 0 heterocycles. The van der Waals surface area contributed by atoms with Gasteiger partial charge in [-0.25, -0.2) is 0 Å². The third-order valence-electron chi connectivity index (χ3n) is 1.50. The van der Waals surface area contributed by atoms with Crippen LogP contribution in [0.3, 0.4) is 0 Å². The standard InChI is InChI=1S/C7H16O2/c1-4-5-7(8)6(2)9-3/h6-8H,4-5H2,1-3H3. The highest BCUT2D eigenvalue weighted by atomic mass is 16.5. The van der Waals surface area contributed by atoms with Crippen LogP contribution in [0, 0.1) is 0 Å². The second-order valence-electron chi connectivity index (χ2n) is 2.30. The molecule has 0 aromatic heterocycles. The first kappa shape index (κ1) is 8.92. The molecule has 0 saturated carbocycles. The number of rotatable bonds is 4. The molecule has 0 aliphatic rings. The topological polar surface area (TPSA) is 29.5 Å². The molecule has 0 radical (unpaired) electrons. The second-order valence-corrected chi connectivity index (χ2v) is 2.30. The minimum Gasteiger partial charge on any atom is -0.390 e. The molecule has 0 aromatic rings. The Balaban J connectivity index is 3.32. The van der Waals surface area contributed by atoms with E-state index in [0.717, 1.165) is 12.8 Å². The molecule has 2 atom stereocenters. The summed E-state index contributed by atoms with van der Waals surface area (Å²) in [5.74, 6) is 0. The molecule has 0 aromatic carbocycles. The molecular weight excluding hydrogens is 116 g/mol. The Morgan fingerprint density at radius 3 is 2.44 bits per heavy atom. The van der Waals surface area contributed by atoms with Crippen LogP contribution in [0.4, 0.5) is 0 Å². The van der Waals surface area contributed by atoms with Gasteiger partial charge >= 0.3 is 0 Å². The largest absolute Gasteiger partial charge is 0.390 e. The molecule has 2 heteroatoms. The van der Waals surface area contributed by atoms with Crippen LogP contribution < -0.4 is 0 Å². The number of ether oxygens (including phenoxy) is 1. The zero-order valence-corrected chi connectivity index (χ0v) is 6.42. The van der Waals surface area contributed by atoms with Crippen molar-refractivity contribution >= 4 is 0 Å². The van der Waals surface area contributed by atoms with Gasteiger partial charge in [-0.2, -0.15) is 0 Å². The van der Waals surface area contributed by atoms with E-state index in [9.17, 15) is 5.11 Å². The monoisotopic (exact) mass is 132 g/mol. The van der Waals surface area contributed by atoms with Gasteiger partial charge in [0.1, 0.15) is 0 Å². The second kappa shape index (κ2) is 4.77. The first-order chi connectivity index (χ1) is 4.22. The zero-order chi connectivity index (χ0) is 7.28. The molecule has 1 N–H and O–H groups in total. The average molecular weight is 132 g/mol. The summed E-state index contributed by atoms with van der Waals surface area (Å²) in [6, 6.07) is 0. The van der Waals surface area contributed by atoms with Crippen LogP contribution in [-0.4, -0.2) is 24.4 Å². The van der Waals surface area contributed by atoms with Gasteiger partial charge in [0.25, 0.3) is 0 Å². The van der Waals surface area contributed by atoms with Crippen LogP contribution in [0.5, 0.6) is 0 Å². The highest BCUT2D eigenvalue weighted by Crippen LogP contribution is 2.03. The predicted octanol–water partition coefficient (Wildman–Crippen LogP) is 1.18. The Kier molecular flexibility index (Phi) is 4.72. The van der Waals surface area contributed by atoms with Crippen LogP contribution in [0.1, 0.15) is 26.7 Å². The molecule has 9 heavy (non-hydrogen) atoms. The fraction of sp³-hybridized carbons (Fsp3) is 1.00. The third-order valence-corrected chi connectivity index (χ3v) is 1.50. The highest BCUT2D eigenvalue weighted by molar-refractivity contribution is 4.61. The van der Waals surface area contributed by atoms with E-state index in [1.165, 1.54) is 0 Å². The number of methoxy groups -OCH3 is 1. The van der Waals surface area contributed by atoms with E-state index in [4.69, 9.17) is 4.74 Å². The Labute approximate surface area is 56.8 Å². The normalized spacial score (nSPS) is 17.3. The van der Waals surface area contributed by atoms with Crippen molar-refractivity contribution in [2.45, 2.75) is 38.9 Å². The summed E-state index contributed by atoms with van der Waals surface area (Å²) in [6.45, 7) is 3.92. The Morgan fingerprint density at radius 1 is 1.56 bits per heavy atom. The van der Waals surface area contributed by atoms with Crippen LogP contribution in [0.15, 0.2) is 0 Å². The summed E-state index contributed by atoms with van der Waals surface area (Å²) >= 11 is 0. The molecule has 0 aliphatic heterocycles. The van der Waals surface area contributed by atoms with Crippen LogP contribution in [-0.2, 0) is 4.74 Å². The lowest BCUT2D eigenvalue weighted by Gasteiger charge is -2.15. The fourth-order valence-electron chi connectivity index (χ4n) is 0.688. The molecule has 0 amide bonds. The smallest absolute Gasteiger partial charge is 0.0802 e. The van der Waals surface area contributed by atoms with Crippen molar-refractivity contribution in [3.05, 3.63) is 0 Å². The van der Waals surface area contributed by atoms with E-state index < -0.39 is 0 Å². The minimum absolute atomic E-state index is 0.0232. The van der Waals surface area contributed by atoms with E-state index in [1.807, 2.05) is 13.8 Å². The van der Waals surface area contributed by atoms with Crippen molar-refractivity contribution in [3.8, 4) is 0 Å². The van der Waals surface area contributed by atoms with Gasteiger partial charge in [-0.15, -0.1) is 0 Å². The van der Waals surface area contributed by atoms with Crippen molar-refractivity contribution in [1.82, 2.24) is 0 Å². The van der Waals surface area contributed by atoms with Crippen molar-refractivity contribution in [1.29, 1.82) is 0 Å². The maximum Gasteiger partial charge on any atom is 0.0802 e. The van der Waals surface area contributed by atoms with Crippen LogP contribution in [0.2, 0.25) is 0 Å². The predicted molar refractivity (Wildman–Crippen MR) is 37.4 cm³/mol. The van der Waals surface area contributed by atoms with Gasteiger partial charge in [-0.05, 0) is 13.3 Å². The number of hydrogen-bond acceptors (Lipinski definition) is 2. The lowest BCUT2D eigenvalue weighted by atomic mass is 10.1. The Morgan fingerprint density at radius 2 is 2.11 bits per heavy atom. The van der Waals surface area contributed by atoms with E-state index >= 15 is 0 Å². The van der Waals surface area contributed by atoms with Crippen molar-refractivity contribution in [3.63, 3.8) is 0 Å². The summed E-state index contributed by atoms with van der Waals surface area (Å²) in [7, 11) is 1.61. The number of aliphatic hydroxyl groups is 1. The summed E-state index contributed by atoms with van der Waals surface area (Å²) in [5.41, 5.74) is 0. The van der Waals surface area contributed by atoms with Gasteiger partial charge in [0.05, 0.1) is 12.2 Å². The van der Waals surface area contributed by atoms with Crippen molar-refractivity contribution in [2.24, 2.45) is 0 Å². The van der Waals surface area contributed by atoms with Gasteiger partial charge in [-0.3, -0.25) is 0 Å². The molecule has 0 rings (SSSR count). The van der Waals surface area contributed by atoms with Gasteiger partial charge in [0, 0.05) is 7.11 Å². The summed E-state index contributed by atoms with van der Waals surface area (Å²) in [5, 5.41) is 9.19. The SMILES string of the molecule is CCCC(O)C(C)OC. The van der Waals surface area contributed by atoms with Gasteiger partial charge in [-0.1, -0.05) is 13.3 Å². The number of aliphatic hydroxyl groups excluding tert-OH is 1. The van der Waals surface area contributed by atoms with E-state index in [2.05, 4.69) is 0 Å². The molecule has 0 saturated heterocycles. The Bertz CT molecular complexity index is 63.9. The fourth-order valence-corrected chi connectivity index (χ4v) is 0.688. The molecule has 0 aliphatic carbocycles. The quantitative estimate of drug-likeness (QED) is 0.622. The van der Waals surface area contributed by atoms with Gasteiger partial charge in [0.15, 0.2) is 0 Å². The molecule has 0 bridgehead atoms. The van der Waals surface area contributed by atoms with E-state index in [0.29, 0.717) is 0 Å². The minimum atomic E-state index is -0.292. The maximum atomic E-state index is 9.19. The lowest BCUT2D eigenvalue weighted by molar-refractivity contribution is -0.00442. The first-order valence-corrected chi connectivity index (χ1v) is 3.43. The van der Waals surface area contributed by atoms with Gasteiger partial charge in [0.2, 0.25) is 0 Å². The molecule has 0 spiro atoms. The molecule has 56 valence electrons. The third kappa shape index (κ3) is 3.49. The van der Waals surface area contributed by atoms with E-state index in [1.54, 1.807) is 7.11 Å². The zero-order valence-electron chi connectivity index (χ0n) is 6.42. The Hall–Kier alpha value is -0.0800. The first-order valence-electron chi connectivity index (χ1n) is 3.43. The molecule has 2 nitrogen and oxygen atoms in total. The number of hydrogen-bond donors (Lipinski definition) is 1. The summed E-state index contributed by atoms with van der Waals surface area (Å²) in [6.07, 6.45) is 1.52. The van der Waals surface area contributed by atoms with E-state index in [-0.39, 0.29) is 12.2 Å². The van der Waals surface area contributed by atoms with Crippen LogP contribution >= 0.6 is 0 Å². The average Bonchev–Trinajstić information content (AvgIpc) is 1.87. The maximum absolute atomic E-state index is 9.19. The molecular formula is C7H16O2.